The summed E-state index contributed by atoms with van der Waals surface area (Å²) in [5, 5.41) is 3.05. The molecule has 2 aliphatic heterocycles. The Morgan fingerprint density at radius 3 is 2.72 bits per heavy atom. The highest BCUT2D eigenvalue weighted by Gasteiger charge is 2.18. The van der Waals surface area contributed by atoms with Gasteiger partial charge in [-0.15, -0.1) is 12.4 Å². The highest BCUT2D eigenvalue weighted by Crippen LogP contribution is 2.08. The van der Waals surface area contributed by atoms with Crippen LogP contribution in [0.3, 0.4) is 0 Å². The second-order valence-electron chi connectivity index (χ2n) is 4.60. The van der Waals surface area contributed by atoms with Crippen LogP contribution in [0.25, 0.3) is 0 Å². The van der Waals surface area contributed by atoms with Gasteiger partial charge in [0.2, 0.25) is 5.96 Å². The van der Waals surface area contributed by atoms with E-state index in [9.17, 15) is 4.79 Å². The molecule has 1 atom stereocenters. The van der Waals surface area contributed by atoms with E-state index in [1.807, 2.05) is 11.8 Å². The number of aliphatic imine (C=N–C) groups is 2. The molecular weight excluding hydrogens is 254 g/mol. The Bertz CT molecular complexity index is 362. The topological polar surface area (TPSA) is 83.1 Å². The van der Waals surface area contributed by atoms with Crippen molar-refractivity contribution in [1.29, 1.82) is 0 Å². The summed E-state index contributed by atoms with van der Waals surface area (Å²) >= 11 is 0. The van der Waals surface area contributed by atoms with Crippen molar-refractivity contribution >= 4 is 30.2 Å². The molecule has 1 unspecified atom stereocenters. The number of amides is 1. The molecule has 7 heteroatoms. The van der Waals surface area contributed by atoms with Crippen LogP contribution < -0.4 is 11.1 Å². The normalized spacial score (nSPS) is 25.1. The second-order valence-corrected chi connectivity index (χ2v) is 4.60. The lowest BCUT2D eigenvalue weighted by molar-refractivity contribution is -0.118. The largest absolute Gasteiger partial charge is 0.369 e. The number of halogens is 1. The Morgan fingerprint density at radius 2 is 2.11 bits per heavy atom. The van der Waals surface area contributed by atoms with E-state index >= 15 is 0 Å². The lowest BCUT2D eigenvalue weighted by Crippen LogP contribution is -2.44. The Balaban J connectivity index is 0.00000162. The van der Waals surface area contributed by atoms with Gasteiger partial charge in [0, 0.05) is 25.6 Å². The molecule has 2 rings (SSSR count). The van der Waals surface area contributed by atoms with Gasteiger partial charge in [-0.25, -0.2) is 0 Å². The fourth-order valence-electron chi connectivity index (χ4n) is 2.09. The minimum absolute atomic E-state index is 0. The number of hydrogen-bond donors (Lipinski definition) is 2. The van der Waals surface area contributed by atoms with Crippen LogP contribution in [0.4, 0.5) is 0 Å². The third kappa shape index (κ3) is 3.87. The van der Waals surface area contributed by atoms with E-state index in [2.05, 4.69) is 15.3 Å². The van der Waals surface area contributed by atoms with E-state index in [0.29, 0.717) is 18.3 Å². The molecule has 1 fully saturated rings. The van der Waals surface area contributed by atoms with Gasteiger partial charge in [0.1, 0.15) is 0 Å². The molecule has 1 amide bonds. The van der Waals surface area contributed by atoms with Crippen LogP contribution in [0, 0.1) is 0 Å². The smallest absolute Gasteiger partial charge is 0.250 e. The van der Waals surface area contributed by atoms with Gasteiger partial charge in [0.05, 0.1) is 0 Å². The first-order chi connectivity index (χ1) is 8.15. The molecule has 6 nitrogen and oxygen atoms in total. The van der Waals surface area contributed by atoms with Crippen LogP contribution in [0.2, 0.25) is 0 Å². The maximum atomic E-state index is 11.3. The molecule has 0 aliphatic carbocycles. The van der Waals surface area contributed by atoms with E-state index in [-0.39, 0.29) is 24.4 Å². The van der Waals surface area contributed by atoms with Crippen molar-refractivity contribution in [3.8, 4) is 0 Å². The van der Waals surface area contributed by atoms with Gasteiger partial charge >= 0.3 is 0 Å². The molecule has 18 heavy (non-hydrogen) atoms. The summed E-state index contributed by atoms with van der Waals surface area (Å²) in [6.07, 6.45) is 3.96. The quantitative estimate of drug-likeness (QED) is 0.497. The van der Waals surface area contributed by atoms with E-state index in [1.54, 1.807) is 0 Å². The highest BCUT2D eigenvalue weighted by molar-refractivity contribution is 6.01. The lowest BCUT2D eigenvalue weighted by Gasteiger charge is -2.28. The number of nitrogens with zero attached hydrogens (tertiary/aromatic N) is 3. The molecule has 0 aromatic carbocycles. The average Bonchev–Trinajstić information content (AvgIpc) is 2.28. The lowest BCUT2D eigenvalue weighted by atomic mass is 10.1. The maximum absolute atomic E-state index is 11.3. The number of hydrogen-bond acceptors (Lipinski definition) is 3. The molecule has 0 saturated carbocycles. The zero-order chi connectivity index (χ0) is 12.3. The SMILES string of the molecule is CC1CC(=O)N=C(N=C(N)N2CCCCC2)N1.Cl. The minimum atomic E-state index is -0.138. The van der Waals surface area contributed by atoms with Gasteiger partial charge in [-0.1, -0.05) is 0 Å². The third-order valence-corrected chi connectivity index (χ3v) is 2.99. The van der Waals surface area contributed by atoms with Crippen molar-refractivity contribution < 1.29 is 4.79 Å². The third-order valence-electron chi connectivity index (χ3n) is 2.99. The van der Waals surface area contributed by atoms with Crippen molar-refractivity contribution in [2.75, 3.05) is 13.1 Å². The first-order valence-corrected chi connectivity index (χ1v) is 6.12. The summed E-state index contributed by atoms with van der Waals surface area (Å²) in [4.78, 5) is 21.4. The van der Waals surface area contributed by atoms with Crippen LogP contribution in [0.5, 0.6) is 0 Å². The van der Waals surface area contributed by atoms with Gasteiger partial charge in [0.25, 0.3) is 5.91 Å². The van der Waals surface area contributed by atoms with E-state index in [1.165, 1.54) is 6.42 Å². The molecule has 0 aromatic rings. The minimum Gasteiger partial charge on any atom is -0.369 e. The number of nitrogens with one attached hydrogen (secondary N) is 1. The van der Waals surface area contributed by atoms with Gasteiger partial charge in [-0.05, 0) is 26.2 Å². The van der Waals surface area contributed by atoms with Gasteiger partial charge < -0.3 is 16.0 Å². The average molecular weight is 274 g/mol. The summed E-state index contributed by atoms with van der Waals surface area (Å²) in [6, 6.07) is 0.0768. The van der Waals surface area contributed by atoms with E-state index in [0.717, 1.165) is 25.9 Å². The van der Waals surface area contributed by atoms with Crippen molar-refractivity contribution in [3.63, 3.8) is 0 Å². The summed E-state index contributed by atoms with van der Waals surface area (Å²) < 4.78 is 0. The van der Waals surface area contributed by atoms with E-state index in [4.69, 9.17) is 5.73 Å². The standard InChI is InChI=1S/C11H19N5O.ClH/c1-8-7-9(17)14-11(13-8)15-10(12)16-5-3-2-4-6-16;/h8H,2-7H2,1H3,(H3,12,13,14,15,17);1H. The Labute approximate surface area is 113 Å². The predicted octanol–water partition coefficient (Wildman–Crippen LogP) is 0.473. The van der Waals surface area contributed by atoms with Crippen LogP contribution in [-0.4, -0.2) is 41.9 Å². The van der Waals surface area contributed by atoms with Crippen molar-refractivity contribution in [3.05, 3.63) is 0 Å². The first-order valence-electron chi connectivity index (χ1n) is 6.12. The first kappa shape index (κ1) is 14.8. The summed E-state index contributed by atoms with van der Waals surface area (Å²) in [7, 11) is 0. The summed E-state index contributed by atoms with van der Waals surface area (Å²) in [5.74, 6) is 0.663. The van der Waals surface area contributed by atoms with Crippen LogP contribution in [0.1, 0.15) is 32.6 Å². The molecule has 0 radical (unpaired) electrons. The molecule has 0 aromatic heterocycles. The fourth-order valence-corrected chi connectivity index (χ4v) is 2.09. The number of rotatable bonds is 0. The number of guanidine groups is 2. The van der Waals surface area contributed by atoms with Crippen molar-refractivity contribution in [1.82, 2.24) is 10.2 Å². The molecule has 1 saturated heterocycles. The number of nitrogens with two attached hydrogens (primary N) is 1. The summed E-state index contributed by atoms with van der Waals surface area (Å²) in [5.41, 5.74) is 5.91. The second kappa shape index (κ2) is 6.58. The Hall–Kier alpha value is -1.30. The van der Waals surface area contributed by atoms with Crippen LogP contribution in [-0.2, 0) is 4.79 Å². The molecule has 102 valence electrons. The number of carbonyl (C=O) groups excluding carboxylic acids is 1. The van der Waals surface area contributed by atoms with Crippen LogP contribution >= 0.6 is 12.4 Å². The van der Waals surface area contributed by atoms with Crippen molar-refractivity contribution in [2.45, 2.75) is 38.6 Å². The maximum Gasteiger partial charge on any atom is 0.250 e. The van der Waals surface area contributed by atoms with Gasteiger partial charge in [-0.2, -0.15) is 9.98 Å². The Kier molecular flexibility index (Phi) is 5.40. The predicted molar refractivity (Wildman–Crippen MR) is 74.0 cm³/mol. The fraction of sp³-hybridized carbons (Fsp3) is 0.727. The van der Waals surface area contributed by atoms with Gasteiger partial charge in [-0.3, -0.25) is 4.79 Å². The molecule has 2 aliphatic rings. The molecule has 2 heterocycles. The van der Waals surface area contributed by atoms with Crippen LogP contribution in [0.15, 0.2) is 9.98 Å². The monoisotopic (exact) mass is 273 g/mol. The molecule has 0 bridgehead atoms. The Morgan fingerprint density at radius 1 is 1.44 bits per heavy atom. The number of piperidine rings is 1. The van der Waals surface area contributed by atoms with Gasteiger partial charge in [0.15, 0.2) is 5.96 Å². The summed E-state index contributed by atoms with van der Waals surface area (Å²) in [6.45, 7) is 3.80. The number of likely N-dealkylation sites (tertiary alicyclic amines) is 1. The molecule has 0 spiro atoms. The number of carbonyl (C=O) groups is 1. The molecular formula is C11H20ClN5O. The highest BCUT2D eigenvalue weighted by atomic mass is 35.5. The van der Waals surface area contributed by atoms with E-state index < -0.39 is 0 Å². The molecule has 3 N–H and O–H groups in total. The zero-order valence-corrected chi connectivity index (χ0v) is 11.4. The zero-order valence-electron chi connectivity index (χ0n) is 10.6. The van der Waals surface area contributed by atoms with Crippen molar-refractivity contribution in [2.24, 2.45) is 15.7 Å².